The first-order valence-electron chi connectivity index (χ1n) is 5.25. The quantitative estimate of drug-likeness (QED) is 0.711. The van der Waals surface area contributed by atoms with E-state index in [9.17, 15) is 4.79 Å². The van der Waals surface area contributed by atoms with Crippen molar-refractivity contribution in [3.63, 3.8) is 0 Å². The topological polar surface area (TPSA) is 31.2 Å². The van der Waals surface area contributed by atoms with Gasteiger partial charge in [0.05, 0.1) is 7.11 Å². The van der Waals surface area contributed by atoms with Crippen molar-refractivity contribution >= 4 is 5.97 Å². The number of esters is 1. The molecule has 0 fully saturated rings. The highest BCUT2D eigenvalue weighted by Gasteiger charge is 2.07. The molecular weight excluding hydrogens is 190 g/mol. The lowest BCUT2D eigenvalue weighted by Gasteiger charge is -2.02. The van der Waals surface area contributed by atoms with Gasteiger partial charge in [-0.25, -0.2) is 0 Å². The molecule has 1 aromatic heterocycles. The molecule has 84 valence electrons. The second kappa shape index (κ2) is 5.01. The fourth-order valence-electron chi connectivity index (χ4n) is 1.71. The second-order valence-corrected chi connectivity index (χ2v) is 3.89. The molecule has 1 rings (SSSR count). The van der Waals surface area contributed by atoms with Crippen LogP contribution in [0.4, 0.5) is 0 Å². The summed E-state index contributed by atoms with van der Waals surface area (Å²) < 4.78 is 6.78. The van der Waals surface area contributed by atoms with Crippen LogP contribution in [0.1, 0.15) is 29.8 Å². The van der Waals surface area contributed by atoms with Crippen molar-refractivity contribution < 1.29 is 9.53 Å². The third-order valence-electron chi connectivity index (χ3n) is 2.93. The van der Waals surface area contributed by atoms with E-state index in [-0.39, 0.29) is 5.97 Å². The third kappa shape index (κ3) is 2.85. The SMILES string of the molecule is COC(=O)CCCc1cc(C)n(C)c1C. The lowest BCUT2D eigenvalue weighted by molar-refractivity contribution is -0.140. The number of nitrogens with zero attached hydrogens (tertiary/aromatic N) is 1. The molecule has 3 heteroatoms. The highest BCUT2D eigenvalue weighted by atomic mass is 16.5. The lowest BCUT2D eigenvalue weighted by Crippen LogP contribution is -2.01. The zero-order valence-electron chi connectivity index (χ0n) is 9.96. The fraction of sp³-hybridized carbons (Fsp3) is 0.583. The minimum atomic E-state index is -0.125. The van der Waals surface area contributed by atoms with Crippen LogP contribution in [0.5, 0.6) is 0 Å². The third-order valence-corrected chi connectivity index (χ3v) is 2.93. The molecule has 15 heavy (non-hydrogen) atoms. The average Bonchev–Trinajstić information content (AvgIpc) is 2.46. The van der Waals surface area contributed by atoms with Crippen LogP contribution in [-0.4, -0.2) is 17.6 Å². The summed E-state index contributed by atoms with van der Waals surface area (Å²) in [5.74, 6) is -0.125. The number of methoxy groups -OCH3 is 1. The summed E-state index contributed by atoms with van der Waals surface area (Å²) in [5.41, 5.74) is 3.89. The summed E-state index contributed by atoms with van der Waals surface area (Å²) in [6, 6.07) is 2.19. The first kappa shape index (κ1) is 11.8. The molecule has 1 heterocycles. The Morgan fingerprint density at radius 1 is 1.47 bits per heavy atom. The molecule has 0 aliphatic heterocycles. The van der Waals surface area contributed by atoms with Crippen LogP contribution >= 0.6 is 0 Å². The molecule has 0 amide bonds. The largest absolute Gasteiger partial charge is 0.469 e. The second-order valence-electron chi connectivity index (χ2n) is 3.89. The van der Waals surface area contributed by atoms with Crippen molar-refractivity contribution in [2.45, 2.75) is 33.1 Å². The Hall–Kier alpha value is -1.25. The van der Waals surface area contributed by atoms with E-state index in [0.717, 1.165) is 12.8 Å². The van der Waals surface area contributed by atoms with Crippen LogP contribution in [0.15, 0.2) is 6.07 Å². The first-order valence-corrected chi connectivity index (χ1v) is 5.25. The monoisotopic (exact) mass is 209 g/mol. The van der Waals surface area contributed by atoms with Gasteiger partial charge in [-0.3, -0.25) is 4.79 Å². The predicted octanol–water partition coefficient (Wildman–Crippen LogP) is 2.14. The van der Waals surface area contributed by atoms with Crippen LogP contribution < -0.4 is 0 Å². The Labute approximate surface area is 91.0 Å². The first-order chi connectivity index (χ1) is 7.06. The maximum absolute atomic E-state index is 10.9. The van der Waals surface area contributed by atoms with Gasteiger partial charge in [-0.2, -0.15) is 0 Å². The van der Waals surface area contributed by atoms with E-state index >= 15 is 0 Å². The lowest BCUT2D eigenvalue weighted by atomic mass is 10.1. The number of carbonyl (C=O) groups is 1. The highest BCUT2D eigenvalue weighted by Crippen LogP contribution is 2.15. The van der Waals surface area contributed by atoms with Crippen molar-refractivity contribution in [1.29, 1.82) is 0 Å². The molecular formula is C12H19NO2. The van der Waals surface area contributed by atoms with Crippen molar-refractivity contribution in [3.05, 3.63) is 23.0 Å². The standard InChI is InChI=1S/C12H19NO2/c1-9-8-11(10(2)13(9)3)6-5-7-12(14)15-4/h8H,5-7H2,1-4H3. The van der Waals surface area contributed by atoms with Gasteiger partial charge in [0.2, 0.25) is 0 Å². The van der Waals surface area contributed by atoms with Crippen molar-refractivity contribution in [2.75, 3.05) is 7.11 Å². The average molecular weight is 209 g/mol. The van der Waals surface area contributed by atoms with Gasteiger partial charge in [0, 0.05) is 24.9 Å². The Morgan fingerprint density at radius 3 is 2.60 bits per heavy atom. The van der Waals surface area contributed by atoms with E-state index in [4.69, 9.17) is 0 Å². The van der Waals surface area contributed by atoms with Crippen molar-refractivity contribution in [3.8, 4) is 0 Å². The number of hydrogen-bond donors (Lipinski definition) is 0. The van der Waals surface area contributed by atoms with E-state index in [1.54, 1.807) is 0 Å². The summed E-state index contributed by atoms with van der Waals surface area (Å²) in [7, 11) is 3.49. The zero-order valence-corrected chi connectivity index (χ0v) is 9.96. The molecule has 0 atom stereocenters. The molecule has 0 aliphatic carbocycles. The summed E-state index contributed by atoms with van der Waals surface area (Å²) in [6.07, 6.45) is 2.31. The zero-order chi connectivity index (χ0) is 11.4. The van der Waals surface area contributed by atoms with Gasteiger partial charge in [-0.1, -0.05) is 0 Å². The maximum Gasteiger partial charge on any atom is 0.305 e. The minimum Gasteiger partial charge on any atom is -0.469 e. The van der Waals surface area contributed by atoms with Crippen LogP contribution in [0.2, 0.25) is 0 Å². The number of aryl methyl sites for hydroxylation is 2. The van der Waals surface area contributed by atoms with Gasteiger partial charge in [-0.05, 0) is 38.3 Å². The molecule has 0 radical (unpaired) electrons. The van der Waals surface area contributed by atoms with E-state index < -0.39 is 0 Å². The fourth-order valence-corrected chi connectivity index (χ4v) is 1.71. The van der Waals surface area contributed by atoms with Crippen LogP contribution in [0, 0.1) is 13.8 Å². The number of ether oxygens (including phenoxy) is 1. The van der Waals surface area contributed by atoms with Gasteiger partial charge in [0.25, 0.3) is 0 Å². The molecule has 0 aromatic carbocycles. The molecule has 3 nitrogen and oxygen atoms in total. The molecule has 0 spiro atoms. The minimum absolute atomic E-state index is 0.125. The number of aromatic nitrogens is 1. The summed E-state index contributed by atoms with van der Waals surface area (Å²) in [6.45, 7) is 4.21. The normalized spacial score (nSPS) is 10.4. The number of hydrogen-bond acceptors (Lipinski definition) is 2. The Kier molecular flexibility index (Phi) is 3.95. The van der Waals surface area contributed by atoms with Gasteiger partial charge in [0.15, 0.2) is 0 Å². The summed E-state index contributed by atoms with van der Waals surface area (Å²) in [4.78, 5) is 10.9. The summed E-state index contributed by atoms with van der Waals surface area (Å²) >= 11 is 0. The van der Waals surface area contributed by atoms with Crippen molar-refractivity contribution in [2.24, 2.45) is 7.05 Å². The van der Waals surface area contributed by atoms with E-state index in [0.29, 0.717) is 6.42 Å². The van der Waals surface area contributed by atoms with Crippen LogP contribution in [0.3, 0.4) is 0 Å². The predicted molar refractivity (Wildman–Crippen MR) is 59.8 cm³/mol. The Balaban J connectivity index is 2.51. The van der Waals surface area contributed by atoms with Crippen LogP contribution in [-0.2, 0) is 23.0 Å². The van der Waals surface area contributed by atoms with E-state index in [1.165, 1.54) is 24.1 Å². The van der Waals surface area contributed by atoms with Crippen molar-refractivity contribution in [1.82, 2.24) is 4.57 Å². The van der Waals surface area contributed by atoms with Gasteiger partial charge >= 0.3 is 5.97 Å². The van der Waals surface area contributed by atoms with Crippen LogP contribution in [0.25, 0.3) is 0 Å². The van der Waals surface area contributed by atoms with Gasteiger partial charge < -0.3 is 9.30 Å². The number of carbonyl (C=O) groups excluding carboxylic acids is 1. The molecule has 0 N–H and O–H groups in total. The molecule has 0 aliphatic rings. The smallest absolute Gasteiger partial charge is 0.305 e. The molecule has 0 bridgehead atoms. The molecule has 0 unspecified atom stereocenters. The Morgan fingerprint density at radius 2 is 2.13 bits per heavy atom. The maximum atomic E-state index is 10.9. The molecule has 0 saturated heterocycles. The van der Waals surface area contributed by atoms with Gasteiger partial charge in [-0.15, -0.1) is 0 Å². The van der Waals surface area contributed by atoms with E-state index in [2.05, 4.69) is 36.3 Å². The highest BCUT2D eigenvalue weighted by molar-refractivity contribution is 5.69. The summed E-state index contributed by atoms with van der Waals surface area (Å²) in [5, 5.41) is 0. The van der Waals surface area contributed by atoms with Gasteiger partial charge in [0.1, 0.15) is 0 Å². The van der Waals surface area contributed by atoms with E-state index in [1.807, 2.05) is 0 Å². The number of rotatable bonds is 4. The Bertz CT molecular complexity index is 353. The molecule has 0 saturated carbocycles. The molecule has 1 aromatic rings.